The van der Waals surface area contributed by atoms with Gasteiger partial charge >= 0.3 is 0 Å². The van der Waals surface area contributed by atoms with Crippen molar-refractivity contribution in [2.24, 2.45) is 0 Å². The highest BCUT2D eigenvalue weighted by atomic mass is 32.1. The van der Waals surface area contributed by atoms with Gasteiger partial charge in [0, 0.05) is 31.5 Å². The Morgan fingerprint density at radius 2 is 1.18 bits per heavy atom. The molecule has 1 atom stereocenters. The molecule has 12 rings (SSSR count). The van der Waals surface area contributed by atoms with Crippen LogP contribution < -0.4 is 0 Å². The second-order valence-corrected chi connectivity index (χ2v) is 17.4. The maximum absolute atomic E-state index is 2.50. The van der Waals surface area contributed by atoms with E-state index in [1.807, 2.05) is 11.3 Å². The van der Waals surface area contributed by atoms with Gasteiger partial charge in [0.15, 0.2) is 0 Å². The van der Waals surface area contributed by atoms with Crippen LogP contribution in [0.4, 0.5) is 0 Å². The predicted octanol–water partition coefficient (Wildman–Crippen LogP) is 15.8. The molecule has 2 aliphatic carbocycles. The first-order valence-corrected chi connectivity index (χ1v) is 20.7. The molecule has 0 saturated heterocycles. The van der Waals surface area contributed by atoms with E-state index in [1.54, 1.807) is 0 Å². The zero-order valence-electron chi connectivity index (χ0n) is 31.4. The van der Waals surface area contributed by atoms with Gasteiger partial charge in [-0.25, -0.2) is 0 Å². The molecule has 1 heterocycles. The second kappa shape index (κ2) is 11.9. The molecule has 0 N–H and O–H groups in total. The summed E-state index contributed by atoms with van der Waals surface area (Å²) in [6.45, 7) is 4.84. The Morgan fingerprint density at radius 3 is 1.96 bits per heavy atom. The van der Waals surface area contributed by atoms with Crippen LogP contribution in [0.15, 0.2) is 176 Å². The molecule has 0 amide bonds. The zero-order valence-corrected chi connectivity index (χ0v) is 32.3. The van der Waals surface area contributed by atoms with Crippen LogP contribution in [0.2, 0.25) is 0 Å². The molecule has 10 aromatic rings. The molecule has 0 nitrogen and oxygen atoms in total. The molecule has 56 heavy (non-hydrogen) atoms. The van der Waals surface area contributed by atoms with Crippen molar-refractivity contribution in [2.45, 2.75) is 31.6 Å². The SMILES string of the molecule is CC1(C)c2ccc(-c3c4ccccc4c(C4=CC=CC(c5cccc6ccccc56)C4)c4ccccc34)cc2-c2ccc3cc4c(cc3c21)sc1ccccc14. The Hall–Kier alpha value is -6.28. The van der Waals surface area contributed by atoms with Crippen LogP contribution in [0.3, 0.4) is 0 Å². The summed E-state index contributed by atoms with van der Waals surface area (Å²) in [5, 5.41) is 13.3. The first-order chi connectivity index (χ1) is 27.5. The van der Waals surface area contributed by atoms with Gasteiger partial charge < -0.3 is 0 Å². The van der Waals surface area contributed by atoms with Crippen molar-refractivity contribution >= 4 is 80.2 Å². The normalized spacial score (nSPS) is 16.0. The zero-order chi connectivity index (χ0) is 37.1. The van der Waals surface area contributed by atoms with E-state index in [0.29, 0.717) is 5.92 Å². The number of hydrogen-bond acceptors (Lipinski definition) is 1. The highest BCUT2D eigenvalue weighted by Gasteiger charge is 2.37. The number of thiophene rings is 1. The van der Waals surface area contributed by atoms with Crippen molar-refractivity contribution in [1.82, 2.24) is 0 Å². The molecule has 264 valence electrons. The van der Waals surface area contributed by atoms with Crippen LogP contribution in [0, 0.1) is 0 Å². The molecule has 1 heteroatoms. The standard InChI is InChI=1S/C55H38S/c1-55(2)49-28-26-37(31-47(49)45-27-25-35-30-48-40-18-9-10-24-50(40)56-51(48)32-46(35)54(45)55)53-43-21-7-5-19-41(43)52(42-20-6-8-22-44(42)53)36-16-11-15-34(29-36)39-23-12-14-33-13-3-4-17-38(33)39/h3-28,30-32,34H,29H2,1-2H3. The number of hydrogen-bond donors (Lipinski definition) is 0. The van der Waals surface area contributed by atoms with Crippen molar-refractivity contribution in [3.05, 3.63) is 198 Å². The molecule has 0 spiro atoms. The quantitative estimate of drug-likeness (QED) is 0.159. The van der Waals surface area contributed by atoms with E-state index < -0.39 is 0 Å². The van der Waals surface area contributed by atoms with Crippen LogP contribution in [0.1, 0.15) is 48.4 Å². The van der Waals surface area contributed by atoms with Crippen LogP contribution in [-0.4, -0.2) is 0 Å². The average Bonchev–Trinajstić information content (AvgIpc) is 3.72. The average molecular weight is 731 g/mol. The van der Waals surface area contributed by atoms with Gasteiger partial charge in [-0.2, -0.15) is 0 Å². The van der Waals surface area contributed by atoms with Crippen LogP contribution >= 0.6 is 11.3 Å². The number of rotatable bonds is 3. The second-order valence-electron chi connectivity index (χ2n) is 16.3. The molecular formula is C55H38S. The summed E-state index contributed by atoms with van der Waals surface area (Å²) >= 11 is 1.91. The van der Waals surface area contributed by atoms with Crippen LogP contribution in [-0.2, 0) is 5.41 Å². The summed E-state index contributed by atoms with van der Waals surface area (Å²) in [4.78, 5) is 0. The fraction of sp³-hybridized carbons (Fsp3) is 0.0909. The summed E-state index contributed by atoms with van der Waals surface area (Å²) < 4.78 is 2.72. The molecule has 0 saturated carbocycles. The first kappa shape index (κ1) is 32.0. The Morgan fingerprint density at radius 1 is 0.500 bits per heavy atom. The van der Waals surface area contributed by atoms with Gasteiger partial charge in [0.25, 0.3) is 0 Å². The van der Waals surface area contributed by atoms with E-state index in [-0.39, 0.29) is 5.41 Å². The summed E-state index contributed by atoms with van der Waals surface area (Å²) in [7, 11) is 0. The highest BCUT2D eigenvalue weighted by Crippen LogP contribution is 2.54. The molecular weight excluding hydrogens is 693 g/mol. The van der Waals surface area contributed by atoms with Crippen molar-refractivity contribution < 1.29 is 0 Å². The molecule has 0 radical (unpaired) electrons. The Bertz CT molecular complexity index is 3300. The van der Waals surface area contributed by atoms with E-state index >= 15 is 0 Å². The topological polar surface area (TPSA) is 0 Å². The van der Waals surface area contributed by atoms with Crippen LogP contribution in [0.5, 0.6) is 0 Å². The summed E-state index contributed by atoms with van der Waals surface area (Å²) in [5.74, 6) is 0.310. The molecule has 9 aromatic carbocycles. The smallest absolute Gasteiger partial charge is 0.0361 e. The maximum atomic E-state index is 2.50. The monoisotopic (exact) mass is 730 g/mol. The maximum Gasteiger partial charge on any atom is 0.0361 e. The van der Waals surface area contributed by atoms with E-state index in [9.17, 15) is 0 Å². The van der Waals surface area contributed by atoms with Crippen molar-refractivity contribution in [3.8, 4) is 22.3 Å². The van der Waals surface area contributed by atoms with Crippen molar-refractivity contribution in [2.75, 3.05) is 0 Å². The molecule has 0 aliphatic heterocycles. The van der Waals surface area contributed by atoms with E-state index in [2.05, 4.69) is 190 Å². The highest BCUT2D eigenvalue weighted by molar-refractivity contribution is 7.25. The lowest BCUT2D eigenvalue weighted by Gasteiger charge is -2.25. The van der Waals surface area contributed by atoms with Gasteiger partial charge in [0.05, 0.1) is 0 Å². The molecule has 1 aromatic heterocycles. The number of benzene rings is 9. The van der Waals surface area contributed by atoms with Gasteiger partial charge in [-0.05, 0) is 124 Å². The minimum atomic E-state index is -0.122. The fourth-order valence-corrected chi connectivity index (χ4v) is 11.6. The van der Waals surface area contributed by atoms with Crippen molar-refractivity contribution in [3.63, 3.8) is 0 Å². The van der Waals surface area contributed by atoms with Gasteiger partial charge in [-0.1, -0.05) is 166 Å². The van der Waals surface area contributed by atoms with Gasteiger partial charge in [0.2, 0.25) is 0 Å². The third-order valence-electron chi connectivity index (χ3n) is 13.0. The Kier molecular flexibility index (Phi) is 6.78. The van der Waals surface area contributed by atoms with Crippen molar-refractivity contribution in [1.29, 1.82) is 0 Å². The summed E-state index contributed by atoms with van der Waals surface area (Å²) in [6.07, 6.45) is 8.01. The molecule has 1 unspecified atom stereocenters. The van der Waals surface area contributed by atoms with Crippen LogP contribution in [0.25, 0.3) is 91.1 Å². The predicted molar refractivity (Wildman–Crippen MR) is 243 cm³/mol. The summed E-state index contributed by atoms with van der Waals surface area (Å²) in [6, 6.07) is 59.6. The first-order valence-electron chi connectivity index (χ1n) is 19.9. The lowest BCUT2D eigenvalue weighted by molar-refractivity contribution is 0.666. The number of allylic oxidation sites excluding steroid dienone is 4. The van der Waals surface area contributed by atoms with Gasteiger partial charge in [-0.15, -0.1) is 11.3 Å². The minimum absolute atomic E-state index is 0.122. The lowest BCUT2D eigenvalue weighted by Crippen LogP contribution is -2.15. The van der Waals surface area contributed by atoms with Gasteiger partial charge in [0.1, 0.15) is 0 Å². The third-order valence-corrected chi connectivity index (χ3v) is 14.1. The summed E-state index contributed by atoms with van der Waals surface area (Å²) in [5.41, 5.74) is 12.2. The van der Waals surface area contributed by atoms with Gasteiger partial charge in [-0.3, -0.25) is 0 Å². The Balaban J connectivity index is 1.03. The Labute approximate surface area is 330 Å². The molecule has 0 fully saturated rings. The van der Waals surface area contributed by atoms with E-state index in [4.69, 9.17) is 0 Å². The number of fused-ring (bicyclic) bond motifs is 11. The molecule has 2 aliphatic rings. The van der Waals surface area contributed by atoms with E-state index in [0.717, 1.165) is 6.42 Å². The minimum Gasteiger partial charge on any atom is -0.135 e. The largest absolute Gasteiger partial charge is 0.135 e. The molecule has 0 bridgehead atoms. The van der Waals surface area contributed by atoms with E-state index in [1.165, 1.54) is 113 Å². The third kappa shape index (κ3) is 4.53. The lowest BCUT2D eigenvalue weighted by atomic mass is 9.79. The fourth-order valence-electron chi connectivity index (χ4n) is 10.5.